The number of nitrogens with zero attached hydrogens (tertiary/aromatic N) is 2. The van der Waals surface area contributed by atoms with Crippen LogP contribution >= 0.6 is 0 Å². The molecule has 1 aromatic rings. The van der Waals surface area contributed by atoms with Crippen LogP contribution in [-0.4, -0.2) is 32.9 Å². The molecule has 0 spiro atoms. The van der Waals surface area contributed by atoms with Gasteiger partial charge < -0.3 is 10.8 Å². The highest BCUT2D eigenvalue weighted by atomic mass is 19.4. The summed E-state index contributed by atoms with van der Waals surface area (Å²) in [6.07, 6.45) is -0.388. The van der Waals surface area contributed by atoms with E-state index in [1.807, 2.05) is 13.2 Å². The van der Waals surface area contributed by atoms with Crippen LogP contribution in [0.25, 0.3) is 0 Å². The number of halogens is 3. The second-order valence-corrected chi connectivity index (χ2v) is 3.29. The zero-order chi connectivity index (χ0) is 14.3. The van der Waals surface area contributed by atoms with Crippen LogP contribution in [-0.2, 0) is 23.1 Å². The average Bonchev–Trinajstić information content (AvgIpc) is 2.60. The molecular formula is C9H12F3N3O3. The Labute approximate surface area is 100 Å². The summed E-state index contributed by atoms with van der Waals surface area (Å²) in [6.45, 7) is 0. The molecule has 0 aliphatic heterocycles. The van der Waals surface area contributed by atoms with Gasteiger partial charge in [0, 0.05) is 19.7 Å². The van der Waals surface area contributed by atoms with Crippen molar-refractivity contribution in [1.29, 1.82) is 0 Å². The van der Waals surface area contributed by atoms with Crippen molar-refractivity contribution in [2.45, 2.75) is 19.0 Å². The zero-order valence-corrected chi connectivity index (χ0v) is 9.44. The minimum Gasteiger partial charge on any atom is -0.475 e. The van der Waals surface area contributed by atoms with Crippen LogP contribution in [0.5, 0.6) is 0 Å². The van der Waals surface area contributed by atoms with Crippen LogP contribution in [0.2, 0.25) is 0 Å². The molecule has 1 rings (SSSR count). The van der Waals surface area contributed by atoms with Crippen molar-refractivity contribution in [3.8, 4) is 0 Å². The molecule has 1 heterocycles. The number of alkyl halides is 3. The molecule has 0 radical (unpaired) electrons. The monoisotopic (exact) mass is 267 g/mol. The molecule has 0 aromatic carbocycles. The van der Waals surface area contributed by atoms with Gasteiger partial charge in [0.05, 0.1) is 6.20 Å². The number of aliphatic carboxylic acids is 1. The minimum absolute atomic E-state index is 0.270. The molecule has 0 aliphatic rings. The molecule has 102 valence electrons. The van der Waals surface area contributed by atoms with E-state index in [-0.39, 0.29) is 5.91 Å². The summed E-state index contributed by atoms with van der Waals surface area (Å²) in [6, 6.07) is 0. The van der Waals surface area contributed by atoms with E-state index < -0.39 is 12.1 Å². The highest BCUT2D eigenvalue weighted by Gasteiger charge is 2.38. The van der Waals surface area contributed by atoms with Gasteiger partial charge in [-0.25, -0.2) is 4.79 Å². The Balaban J connectivity index is 0.000000360. The average molecular weight is 267 g/mol. The quantitative estimate of drug-likeness (QED) is 0.831. The van der Waals surface area contributed by atoms with E-state index in [2.05, 4.69) is 5.10 Å². The van der Waals surface area contributed by atoms with Crippen molar-refractivity contribution < 1.29 is 27.9 Å². The lowest BCUT2D eigenvalue weighted by Crippen LogP contribution is -2.21. The largest absolute Gasteiger partial charge is 0.490 e. The third kappa shape index (κ3) is 7.25. The van der Waals surface area contributed by atoms with Crippen molar-refractivity contribution in [2.75, 3.05) is 0 Å². The Morgan fingerprint density at radius 2 is 2.00 bits per heavy atom. The van der Waals surface area contributed by atoms with Gasteiger partial charge in [0.2, 0.25) is 5.91 Å². The first kappa shape index (κ1) is 15.9. The Morgan fingerprint density at radius 3 is 2.28 bits per heavy atom. The maximum atomic E-state index is 10.6. The normalized spacial score (nSPS) is 10.4. The van der Waals surface area contributed by atoms with Crippen molar-refractivity contribution in [3.63, 3.8) is 0 Å². The molecule has 3 N–H and O–H groups in total. The zero-order valence-electron chi connectivity index (χ0n) is 9.44. The fourth-order valence-corrected chi connectivity index (χ4v) is 0.869. The summed E-state index contributed by atoms with van der Waals surface area (Å²) in [7, 11) is 1.84. The van der Waals surface area contributed by atoms with Crippen LogP contribution in [0, 0.1) is 0 Å². The number of amides is 1. The summed E-state index contributed by atoms with van der Waals surface area (Å²) in [4.78, 5) is 19.3. The summed E-state index contributed by atoms with van der Waals surface area (Å²) < 4.78 is 33.4. The van der Waals surface area contributed by atoms with Crippen molar-refractivity contribution in [1.82, 2.24) is 9.78 Å². The van der Waals surface area contributed by atoms with E-state index in [4.69, 9.17) is 15.6 Å². The van der Waals surface area contributed by atoms with Gasteiger partial charge in [-0.1, -0.05) is 0 Å². The molecule has 0 atom stereocenters. The second kappa shape index (κ2) is 6.62. The molecule has 0 saturated heterocycles. The SMILES string of the molecule is Cn1cc(CCC(N)=O)cn1.O=C(O)C(F)(F)F. The Kier molecular flexibility index (Phi) is 5.86. The first-order valence-electron chi connectivity index (χ1n) is 4.69. The van der Waals surface area contributed by atoms with Gasteiger partial charge in [-0.2, -0.15) is 18.3 Å². The second-order valence-electron chi connectivity index (χ2n) is 3.29. The van der Waals surface area contributed by atoms with Gasteiger partial charge in [-0.05, 0) is 12.0 Å². The first-order chi connectivity index (χ1) is 8.12. The number of rotatable bonds is 3. The number of carboxylic acids is 1. The standard InChI is InChI=1S/C7H11N3O.C2HF3O2/c1-10-5-6(4-9-10)2-3-7(8)11;3-2(4,5)1(6)7/h4-5H,2-3H2,1H3,(H2,8,11);(H,6,7). The van der Waals surface area contributed by atoms with Gasteiger partial charge in [0.1, 0.15) is 0 Å². The van der Waals surface area contributed by atoms with Gasteiger partial charge in [0.15, 0.2) is 0 Å². The molecule has 0 fully saturated rings. The fraction of sp³-hybridized carbons (Fsp3) is 0.444. The van der Waals surface area contributed by atoms with Crippen molar-refractivity contribution >= 4 is 11.9 Å². The van der Waals surface area contributed by atoms with Crippen LogP contribution in [0.4, 0.5) is 13.2 Å². The van der Waals surface area contributed by atoms with E-state index >= 15 is 0 Å². The van der Waals surface area contributed by atoms with E-state index in [9.17, 15) is 18.0 Å². The maximum Gasteiger partial charge on any atom is 0.490 e. The van der Waals surface area contributed by atoms with Gasteiger partial charge in [0.25, 0.3) is 0 Å². The summed E-state index contributed by atoms with van der Waals surface area (Å²) in [5, 5.41) is 11.1. The highest BCUT2D eigenvalue weighted by molar-refractivity contribution is 5.74. The van der Waals surface area contributed by atoms with Gasteiger partial charge in [-0.15, -0.1) is 0 Å². The predicted molar refractivity (Wildman–Crippen MR) is 54.4 cm³/mol. The van der Waals surface area contributed by atoms with E-state index in [1.165, 1.54) is 0 Å². The number of primary amides is 1. The lowest BCUT2D eigenvalue weighted by Gasteiger charge is -1.93. The molecule has 6 nitrogen and oxygen atoms in total. The van der Waals surface area contributed by atoms with Crippen LogP contribution in [0.1, 0.15) is 12.0 Å². The van der Waals surface area contributed by atoms with E-state index in [1.54, 1.807) is 10.9 Å². The molecule has 0 bridgehead atoms. The lowest BCUT2D eigenvalue weighted by atomic mass is 10.2. The molecule has 1 amide bonds. The number of hydrogen-bond acceptors (Lipinski definition) is 3. The summed E-state index contributed by atoms with van der Waals surface area (Å²) >= 11 is 0. The third-order valence-electron chi connectivity index (χ3n) is 1.66. The van der Waals surface area contributed by atoms with Gasteiger partial charge in [-0.3, -0.25) is 9.48 Å². The Morgan fingerprint density at radius 1 is 1.50 bits per heavy atom. The van der Waals surface area contributed by atoms with Crippen LogP contribution in [0.3, 0.4) is 0 Å². The molecule has 0 unspecified atom stereocenters. The van der Waals surface area contributed by atoms with Crippen LogP contribution < -0.4 is 5.73 Å². The number of nitrogens with two attached hydrogens (primary N) is 1. The fourth-order valence-electron chi connectivity index (χ4n) is 0.869. The number of aryl methyl sites for hydroxylation is 2. The molecule has 18 heavy (non-hydrogen) atoms. The van der Waals surface area contributed by atoms with Crippen LogP contribution in [0.15, 0.2) is 12.4 Å². The first-order valence-corrected chi connectivity index (χ1v) is 4.69. The number of carboxylic acid groups (broad SMARTS) is 1. The number of carbonyl (C=O) groups is 2. The minimum atomic E-state index is -5.08. The lowest BCUT2D eigenvalue weighted by molar-refractivity contribution is -0.192. The molecule has 0 saturated carbocycles. The summed E-state index contributed by atoms with van der Waals surface area (Å²) in [5.74, 6) is -3.03. The molecule has 9 heteroatoms. The molecule has 1 aromatic heterocycles. The smallest absolute Gasteiger partial charge is 0.475 e. The number of aromatic nitrogens is 2. The predicted octanol–water partition coefficient (Wildman–Crippen LogP) is 0.471. The third-order valence-corrected chi connectivity index (χ3v) is 1.66. The number of hydrogen-bond donors (Lipinski definition) is 2. The topological polar surface area (TPSA) is 98.2 Å². The maximum absolute atomic E-state index is 10.6. The summed E-state index contributed by atoms with van der Waals surface area (Å²) in [5.41, 5.74) is 6.03. The van der Waals surface area contributed by atoms with E-state index in [0.717, 1.165) is 5.56 Å². The van der Waals surface area contributed by atoms with Crippen molar-refractivity contribution in [2.24, 2.45) is 12.8 Å². The molecule has 0 aliphatic carbocycles. The number of carbonyl (C=O) groups excluding carboxylic acids is 1. The Hall–Kier alpha value is -2.06. The molecular weight excluding hydrogens is 255 g/mol. The van der Waals surface area contributed by atoms with E-state index in [0.29, 0.717) is 12.8 Å². The van der Waals surface area contributed by atoms with Crippen molar-refractivity contribution in [3.05, 3.63) is 18.0 Å². The Bertz CT molecular complexity index is 415. The highest BCUT2D eigenvalue weighted by Crippen LogP contribution is 2.13. The van der Waals surface area contributed by atoms with Gasteiger partial charge >= 0.3 is 12.1 Å².